The van der Waals surface area contributed by atoms with Crippen LogP contribution in [0.3, 0.4) is 0 Å². The summed E-state index contributed by atoms with van der Waals surface area (Å²) in [4.78, 5) is 86.5. The molecule has 0 unspecified atom stereocenters. The molecule has 0 aromatic rings. The molecule has 0 spiro atoms. The van der Waals surface area contributed by atoms with E-state index in [2.05, 4.69) is 26.6 Å². The van der Waals surface area contributed by atoms with Gasteiger partial charge in [0, 0.05) is 6.54 Å². The average molecular weight is 542 g/mol. The third kappa shape index (κ3) is 9.28. The quantitative estimate of drug-likeness (QED) is 0.133. The van der Waals surface area contributed by atoms with Crippen LogP contribution in [-0.4, -0.2) is 100 Å². The van der Waals surface area contributed by atoms with Gasteiger partial charge in [0.15, 0.2) is 0 Å². The Morgan fingerprint density at radius 1 is 0.684 bits per heavy atom. The molecule has 0 saturated carbocycles. The number of carbonyl (C=O) groups excluding carboxylic acids is 6. The van der Waals surface area contributed by atoms with Crippen molar-refractivity contribution in [2.45, 2.75) is 96.7 Å². The van der Waals surface area contributed by atoms with E-state index >= 15 is 0 Å². The highest BCUT2D eigenvalue weighted by atomic mass is 16.4. The van der Waals surface area contributed by atoms with Crippen molar-refractivity contribution in [3.8, 4) is 0 Å². The van der Waals surface area contributed by atoms with Gasteiger partial charge in [0.2, 0.25) is 35.4 Å². The maximum Gasteiger partial charge on any atom is 0.325 e. The minimum Gasteiger partial charge on any atom is -0.480 e. The van der Waals surface area contributed by atoms with Crippen LogP contribution in [-0.2, 0) is 33.6 Å². The Bertz CT molecular complexity index is 941. The Morgan fingerprint density at radius 3 is 1.42 bits per heavy atom. The maximum absolute atomic E-state index is 12.7. The first-order valence-electron chi connectivity index (χ1n) is 12.4. The monoisotopic (exact) mass is 541 g/mol. The number of aliphatic carboxylic acids is 1. The van der Waals surface area contributed by atoms with E-state index in [1.165, 1.54) is 46.4 Å². The van der Waals surface area contributed by atoms with Gasteiger partial charge in [0.25, 0.3) is 0 Å². The molecule has 15 nitrogen and oxygen atoms in total. The highest BCUT2D eigenvalue weighted by Gasteiger charge is 2.36. The summed E-state index contributed by atoms with van der Waals surface area (Å²) in [5, 5.41) is 20.8. The molecule has 0 radical (unpaired) electrons. The van der Waals surface area contributed by atoms with Gasteiger partial charge < -0.3 is 42.3 Å². The second-order valence-corrected chi connectivity index (χ2v) is 9.47. The third-order valence-electron chi connectivity index (χ3n) is 5.97. The molecule has 0 aliphatic carbocycles. The summed E-state index contributed by atoms with van der Waals surface area (Å²) in [6.45, 7) is 8.73. The molecular formula is C23H39N7O8. The van der Waals surface area contributed by atoms with Gasteiger partial charge in [-0.1, -0.05) is 0 Å². The van der Waals surface area contributed by atoms with E-state index in [0.29, 0.717) is 19.4 Å². The zero-order valence-corrected chi connectivity index (χ0v) is 22.5. The molecule has 1 heterocycles. The molecule has 8 N–H and O–H groups in total. The maximum atomic E-state index is 12.7. The van der Waals surface area contributed by atoms with Crippen LogP contribution in [0.2, 0.25) is 0 Å². The van der Waals surface area contributed by atoms with Crippen molar-refractivity contribution in [3.63, 3.8) is 0 Å². The smallest absolute Gasteiger partial charge is 0.325 e. The summed E-state index contributed by atoms with van der Waals surface area (Å²) in [5.41, 5.74) is 5.64. The molecule has 0 aromatic carbocycles. The zero-order chi connectivity index (χ0) is 29.3. The number of likely N-dealkylation sites (tertiary alicyclic amines) is 1. The van der Waals surface area contributed by atoms with Gasteiger partial charge in [-0.15, -0.1) is 0 Å². The number of carboxylic acids is 1. The predicted molar refractivity (Wildman–Crippen MR) is 134 cm³/mol. The van der Waals surface area contributed by atoms with Crippen molar-refractivity contribution in [1.29, 1.82) is 0 Å². The number of carbonyl (C=O) groups is 7. The summed E-state index contributed by atoms with van der Waals surface area (Å²) in [6.07, 6.45) is 1.07. The third-order valence-corrected chi connectivity index (χ3v) is 5.97. The summed E-state index contributed by atoms with van der Waals surface area (Å²) >= 11 is 0. The van der Waals surface area contributed by atoms with Gasteiger partial charge in [-0.05, 0) is 54.4 Å². The fraction of sp³-hybridized carbons (Fsp3) is 0.696. The second-order valence-electron chi connectivity index (χ2n) is 9.47. The van der Waals surface area contributed by atoms with Crippen LogP contribution in [0.4, 0.5) is 0 Å². The normalized spacial score (nSPS) is 19.6. The lowest BCUT2D eigenvalue weighted by Gasteiger charge is -2.27. The van der Waals surface area contributed by atoms with Crippen molar-refractivity contribution in [2.75, 3.05) is 6.54 Å². The van der Waals surface area contributed by atoms with Gasteiger partial charge in [-0.2, -0.15) is 0 Å². The lowest BCUT2D eigenvalue weighted by atomic mass is 10.1. The Balaban J connectivity index is 2.56. The van der Waals surface area contributed by atoms with Crippen LogP contribution in [0, 0.1) is 0 Å². The first-order valence-corrected chi connectivity index (χ1v) is 12.4. The van der Waals surface area contributed by atoms with Gasteiger partial charge in [-0.3, -0.25) is 33.6 Å². The second kappa shape index (κ2) is 14.3. The van der Waals surface area contributed by atoms with Crippen molar-refractivity contribution in [3.05, 3.63) is 0 Å². The van der Waals surface area contributed by atoms with E-state index in [-0.39, 0.29) is 5.91 Å². The fourth-order valence-electron chi connectivity index (χ4n) is 3.55. The average Bonchev–Trinajstić information content (AvgIpc) is 3.32. The van der Waals surface area contributed by atoms with E-state index in [1.54, 1.807) is 0 Å². The molecule has 1 saturated heterocycles. The number of nitrogens with two attached hydrogens (primary N) is 1. The summed E-state index contributed by atoms with van der Waals surface area (Å²) in [6, 6.07) is -6.87. The standard InChI is InChI=1S/C23H39N7O8/c1-10(24)22(36)30-9-7-8-16(30)21(35)28-14(5)19(33)26-12(3)17(31)25-11(2)18(32)27-13(4)20(34)29-15(6)23(37)38/h10-16H,7-9,24H2,1-6H3,(H,25,31)(H,26,33)(H,27,32)(H,28,35)(H,29,34)(H,37,38)/t10-,11-,12-,13-,14-,15-,16-/m0/s1. The highest BCUT2D eigenvalue weighted by molar-refractivity contribution is 5.96. The van der Waals surface area contributed by atoms with E-state index in [0.717, 1.165) is 0 Å². The molecule has 0 bridgehead atoms. The number of hydrogen-bond acceptors (Lipinski definition) is 8. The van der Waals surface area contributed by atoms with Crippen LogP contribution in [0.5, 0.6) is 0 Å². The number of rotatable bonds is 12. The molecule has 15 heteroatoms. The number of hydrogen-bond donors (Lipinski definition) is 7. The molecule has 6 amide bonds. The van der Waals surface area contributed by atoms with Gasteiger partial charge >= 0.3 is 5.97 Å². The molecule has 1 aliphatic rings. The van der Waals surface area contributed by atoms with Crippen molar-refractivity contribution >= 4 is 41.4 Å². The fourth-order valence-corrected chi connectivity index (χ4v) is 3.55. The Labute approximate surface area is 221 Å². The Kier molecular flexibility index (Phi) is 12.1. The first kappa shape index (κ1) is 32.3. The molecule has 1 rings (SSSR count). The Hall–Kier alpha value is -3.75. The molecular weight excluding hydrogens is 502 g/mol. The number of carboxylic acid groups (broad SMARTS) is 1. The largest absolute Gasteiger partial charge is 0.480 e. The van der Waals surface area contributed by atoms with Crippen LogP contribution in [0.15, 0.2) is 0 Å². The minimum atomic E-state index is -1.24. The van der Waals surface area contributed by atoms with Crippen LogP contribution in [0.1, 0.15) is 54.4 Å². The van der Waals surface area contributed by atoms with Crippen LogP contribution >= 0.6 is 0 Å². The number of amides is 6. The lowest BCUT2D eigenvalue weighted by Crippen LogP contribution is -2.57. The van der Waals surface area contributed by atoms with Crippen LogP contribution < -0.4 is 32.3 Å². The van der Waals surface area contributed by atoms with Gasteiger partial charge in [-0.25, -0.2) is 0 Å². The molecule has 7 atom stereocenters. The van der Waals surface area contributed by atoms with E-state index in [4.69, 9.17) is 10.8 Å². The SMILES string of the molecule is C[C@H](N)C(=O)N1CCC[C@H]1C(=O)N[C@@H](C)C(=O)N[C@@H](C)C(=O)N[C@@H](C)C(=O)N[C@@H](C)C(=O)N[C@@H](C)C(=O)O. The van der Waals surface area contributed by atoms with Gasteiger partial charge in [0.1, 0.15) is 36.3 Å². The summed E-state index contributed by atoms with van der Waals surface area (Å²) < 4.78 is 0. The van der Waals surface area contributed by atoms with E-state index < -0.39 is 77.8 Å². The summed E-state index contributed by atoms with van der Waals surface area (Å²) in [5.74, 6) is -4.86. The molecule has 1 aliphatic heterocycles. The lowest BCUT2D eigenvalue weighted by molar-refractivity contribution is -0.141. The molecule has 214 valence electrons. The number of nitrogens with one attached hydrogen (secondary N) is 5. The highest BCUT2D eigenvalue weighted by Crippen LogP contribution is 2.18. The Morgan fingerprint density at radius 2 is 1.05 bits per heavy atom. The zero-order valence-electron chi connectivity index (χ0n) is 22.5. The van der Waals surface area contributed by atoms with Crippen molar-refractivity contribution < 1.29 is 38.7 Å². The molecule has 38 heavy (non-hydrogen) atoms. The molecule has 0 aromatic heterocycles. The van der Waals surface area contributed by atoms with Crippen molar-refractivity contribution in [2.24, 2.45) is 5.73 Å². The molecule has 1 fully saturated rings. The van der Waals surface area contributed by atoms with Gasteiger partial charge in [0.05, 0.1) is 6.04 Å². The van der Waals surface area contributed by atoms with Crippen LogP contribution in [0.25, 0.3) is 0 Å². The topological polar surface area (TPSA) is 229 Å². The van der Waals surface area contributed by atoms with Crippen molar-refractivity contribution in [1.82, 2.24) is 31.5 Å². The van der Waals surface area contributed by atoms with E-state index in [9.17, 15) is 33.6 Å². The summed E-state index contributed by atoms with van der Waals surface area (Å²) in [7, 11) is 0. The predicted octanol–water partition coefficient (Wildman–Crippen LogP) is -3.07. The van der Waals surface area contributed by atoms with E-state index in [1.807, 2.05) is 0 Å². The number of nitrogens with zero attached hydrogens (tertiary/aromatic N) is 1. The minimum absolute atomic E-state index is 0.354. The first-order chi connectivity index (χ1) is 17.6.